The summed E-state index contributed by atoms with van der Waals surface area (Å²) in [5, 5.41) is 3.02. The zero-order valence-electron chi connectivity index (χ0n) is 14.5. The van der Waals surface area contributed by atoms with E-state index in [-0.39, 0.29) is 11.9 Å². The zero-order chi connectivity index (χ0) is 18.2. The summed E-state index contributed by atoms with van der Waals surface area (Å²) < 4.78 is 11.6. The number of ether oxygens (including phenoxy) is 2. The first kappa shape index (κ1) is 19.7. The highest BCUT2D eigenvalue weighted by Gasteiger charge is 2.12. The summed E-state index contributed by atoms with van der Waals surface area (Å²) in [6.07, 6.45) is 0. The van der Waals surface area contributed by atoms with Crippen LogP contribution in [0.4, 0.5) is 0 Å². The summed E-state index contributed by atoms with van der Waals surface area (Å²) in [6.45, 7) is 1.96. The Morgan fingerprint density at radius 1 is 1.12 bits per heavy atom. The molecule has 0 unspecified atom stereocenters. The lowest BCUT2D eigenvalue weighted by molar-refractivity contribution is -0.119. The van der Waals surface area contributed by atoms with Crippen molar-refractivity contribution < 1.29 is 14.3 Å². The first-order chi connectivity index (χ1) is 12.0. The highest BCUT2D eigenvalue weighted by Crippen LogP contribution is 2.29. The third-order valence-electron chi connectivity index (χ3n) is 3.70. The average molecular weight is 424 g/mol. The van der Waals surface area contributed by atoms with Gasteiger partial charge in [0.15, 0.2) is 11.5 Å². The van der Waals surface area contributed by atoms with E-state index < -0.39 is 0 Å². The molecule has 0 fully saturated rings. The van der Waals surface area contributed by atoms with Crippen molar-refractivity contribution >= 4 is 33.6 Å². The quantitative estimate of drug-likeness (QED) is 0.674. The molecule has 25 heavy (non-hydrogen) atoms. The second-order valence-electron chi connectivity index (χ2n) is 5.52. The van der Waals surface area contributed by atoms with Gasteiger partial charge in [0.1, 0.15) is 0 Å². The first-order valence-corrected chi connectivity index (χ1v) is 9.81. The van der Waals surface area contributed by atoms with Gasteiger partial charge in [-0.05, 0) is 42.3 Å². The lowest BCUT2D eigenvalue weighted by Crippen LogP contribution is -2.28. The van der Waals surface area contributed by atoms with Crippen LogP contribution < -0.4 is 14.8 Å². The van der Waals surface area contributed by atoms with E-state index in [4.69, 9.17) is 9.47 Å². The van der Waals surface area contributed by atoms with Crippen molar-refractivity contribution in [1.82, 2.24) is 5.32 Å². The fraction of sp³-hybridized carbons (Fsp3) is 0.316. The van der Waals surface area contributed by atoms with E-state index >= 15 is 0 Å². The molecule has 1 N–H and O–H groups in total. The van der Waals surface area contributed by atoms with Gasteiger partial charge in [-0.1, -0.05) is 34.1 Å². The minimum Gasteiger partial charge on any atom is -0.493 e. The lowest BCUT2D eigenvalue weighted by Gasteiger charge is -2.16. The predicted octanol–water partition coefficient (Wildman–Crippen LogP) is 4.58. The summed E-state index contributed by atoms with van der Waals surface area (Å²) in [5.74, 6) is 2.59. The maximum atomic E-state index is 12.2. The molecule has 4 nitrogen and oxygen atoms in total. The van der Waals surface area contributed by atoms with Crippen molar-refractivity contribution in [2.45, 2.75) is 18.7 Å². The van der Waals surface area contributed by atoms with Gasteiger partial charge in [-0.15, -0.1) is 11.8 Å². The highest BCUT2D eigenvalue weighted by molar-refractivity contribution is 9.10. The van der Waals surface area contributed by atoms with Crippen LogP contribution in [0.3, 0.4) is 0 Å². The number of carbonyl (C=O) groups excluding carboxylic acids is 1. The number of rotatable bonds is 8. The molecule has 0 bridgehead atoms. The van der Waals surface area contributed by atoms with Crippen LogP contribution in [0.5, 0.6) is 11.5 Å². The zero-order valence-corrected chi connectivity index (χ0v) is 16.9. The molecule has 6 heteroatoms. The Balaban J connectivity index is 1.84. The number of benzene rings is 2. The molecule has 1 amide bonds. The first-order valence-electron chi connectivity index (χ1n) is 7.87. The summed E-state index contributed by atoms with van der Waals surface area (Å²) in [5.41, 5.74) is 2.18. The smallest absolute Gasteiger partial charge is 0.230 e. The van der Waals surface area contributed by atoms with Crippen LogP contribution in [0.15, 0.2) is 46.9 Å². The lowest BCUT2D eigenvalue weighted by atomic mass is 10.1. The van der Waals surface area contributed by atoms with Gasteiger partial charge in [-0.3, -0.25) is 4.79 Å². The Morgan fingerprint density at radius 3 is 2.44 bits per heavy atom. The number of nitrogens with one attached hydrogen (secondary N) is 1. The minimum atomic E-state index is -0.0967. The van der Waals surface area contributed by atoms with Crippen molar-refractivity contribution in [3.05, 3.63) is 58.1 Å². The Kier molecular flexibility index (Phi) is 7.65. The Hall–Kier alpha value is -1.66. The van der Waals surface area contributed by atoms with Gasteiger partial charge in [-0.2, -0.15) is 0 Å². The summed E-state index contributed by atoms with van der Waals surface area (Å²) in [7, 11) is 3.20. The number of hydrogen-bond donors (Lipinski definition) is 1. The highest BCUT2D eigenvalue weighted by atomic mass is 79.9. The Morgan fingerprint density at radius 2 is 1.80 bits per heavy atom. The van der Waals surface area contributed by atoms with E-state index in [9.17, 15) is 4.79 Å². The molecule has 0 radical (unpaired) electrons. The van der Waals surface area contributed by atoms with E-state index in [0.717, 1.165) is 15.8 Å². The SMILES string of the molecule is COc1ccc([C@@H](C)NC(=O)CSCc2ccc(Br)cc2)cc1OC. The molecule has 0 spiro atoms. The number of hydrogen-bond acceptors (Lipinski definition) is 4. The molecule has 0 saturated carbocycles. The van der Waals surface area contributed by atoms with Crippen LogP contribution in [0.2, 0.25) is 0 Å². The van der Waals surface area contributed by atoms with E-state index in [0.29, 0.717) is 17.3 Å². The maximum absolute atomic E-state index is 12.2. The molecule has 1 atom stereocenters. The molecule has 0 aliphatic heterocycles. The summed E-state index contributed by atoms with van der Waals surface area (Å²) in [4.78, 5) is 12.2. The van der Waals surface area contributed by atoms with Crippen LogP contribution in [0, 0.1) is 0 Å². The normalized spacial score (nSPS) is 11.7. The fourth-order valence-corrected chi connectivity index (χ4v) is 3.39. The van der Waals surface area contributed by atoms with Crippen molar-refractivity contribution in [2.75, 3.05) is 20.0 Å². The van der Waals surface area contributed by atoms with Gasteiger partial charge >= 0.3 is 0 Å². The number of amides is 1. The molecule has 0 saturated heterocycles. The van der Waals surface area contributed by atoms with Crippen LogP contribution in [0.25, 0.3) is 0 Å². The molecule has 0 heterocycles. The third-order valence-corrected chi connectivity index (χ3v) is 5.23. The Bertz CT molecular complexity index is 706. The van der Waals surface area contributed by atoms with Crippen LogP contribution in [0.1, 0.15) is 24.1 Å². The molecule has 0 aliphatic carbocycles. The second-order valence-corrected chi connectivity index (χ2v) is 7.42. The standard InChI is InChI=1S/C19H22BrNO3S/c1-13(15-6-9-17(23-2)18(10-15)24-3)21-19(22)12-25-11-14-4-7-16(20)8-5-14/h4-10,13H,11-12H2,1-3H3,(H,21,22)/t13-/m1/s1. The topological polar surface area (TPSA) is 47.6 Å². The van der Waals surface area contributed by atoms with Crippen molar-refractivity contribution in [3.8, 4) is 11.5 Å². The van der Waals surface area contributed by atoms with Gasteiger partial charge in [0.25, 0.3) is 0 Å². The fourth-order valence-electron chi connectivity index (χ4n) is 2.33. The molecule has 0 aliphatic rings. The average Bonchev–Trinajstić information content (AvgIpc) is 2.62. The summed E-state index contributed by atoms with van der Waals surface area (Å²) >= 11 is 5.02. The molecule has 134 valence electrons. The van der Waals surface area contributed by atoms with E-state index in [1.54, 1.807) is 26.0 Å². The number of carbonyl (C=O) groups is 1. The van der Waals surface area contributed by atoms with Gasteiger partial charge in [0.05, 0.1) is 26.0 Å². The number of halogens is 1. The van der Waals surface area contributed by atoms with Gasteiger partial charge < -0.3 is 14.8 Å². The van der Waals surface area contributed by atoms with Crippen LogP contribution in [-0.2, 0) is 10.5 Å². The van der Waals surface area contributed by atoms with E-state index in [2.05, 4.69) is 33.4 Å². The molecule has 2 aromatic rings. The number of thioether (sulfide) groups is 1. The number of methoxy groups -OCH3 is 2. The van der Waals surface area contributed by atoms with Crippen molar-refractivity contribution in [2.24, 2.45) is 0 Å². The van der Waals surface area contributed by atoms with Gasteiger partial charge in [-0.25, -0.2) is 0 Å². The van der Waals surface area contributed by atoms with Gasteiger partial charge in [0.2, 0.25) is 5.91 Å². The molecule has 0 aromatic heterocycles. The van der Waals surface area contributed by atoms with E-state index in [1.165, 1.54) is 5.56 Å². The third kappa shape index (κ3) is 5.97. The largest absolute Gasteiger partial charge is 0.493 e. The second kappa shape index (κ2) is 9.73. The Labute approximate surface area is 161 Å². The van der Waals surface area contributed by atoms with Gasteiger partial charge in [0, 0.05) is 10.2 Å². The van der Waals surface area contributed by atoms with Crippen LogP contribution in [-0.4, -0.2) is 25.9 Å². The molecule has 2 aromatic carbocycles. The molecular weight excluding hydrogens is 402 g/mol. The molecule has 2 rings (SSSR count). The molecular formula is C19H22BrNO3S. The van der Waals surface area contributed by atoms with Crippen molar-refractivity contribution in [3.63, 3.8) is 0 Å². The van der Waals surface area contributed by atoms with Crippen molar-refractivity contribution in [1.29, 1.82) is 0 Å². The minimum absolute atomic E-state index is 0.0180. The monoisotopic (exact) mass is 423 g/mol. The van der Waals surface area contributed by atoms with Crippen LogP contribution >= 0.6 is 27.7 Å². The summed E-state index contributed by atoms with van der Waals surface area (Å²) in [6, 6.07) is 13.7. The van der Waals surface area contributed by atoms with E-state index in [1.807, 2.05) is 37.3 Å². The predicted molar refractivity (Wildman–Crippen MR) is 106 cm³/mol. The maximum Gasteiger partial charge on any atom is 0.230 e.